The van der Waals surface area contributed by atoms with Gasteiger partial charge in [-0.3, -0.25) is 4.79 Å². The van der Waals surface area contributed by atoms with Gasteiger partial charge in [0.1, 0.15) is 5.52 Å². The fraction of sp³-hybridized carbons (Fsp3) is 0.227. The molecule has 1 aliphatic rings. The summed E-state index contributed by atoms with van der Waals surface area (Å²) in [6, 6.07) is 15.5. The Hall–Kier alpha value is -2.92. The fourth-order valence-corrected chi connectivity index (χ4v) is 3.80. The molecular weight excluding hydrogens is 372 g/mol. The van der Waals surface area contributed by atoms with Crippen molar-refractivity contribution in [3.8, 4) is 5.69 Å². The summed E-state index contributed by atoms with van der Waals surface area (Å²) >= 11 is 6.16. The average molecular weight is 391 g/mol. The van der Waals surface area contributed by atoms with E-state index in [9.17, 15) is 4.79 Å². The van der Waals surface area contributed by atoms with Crippen LogP contribution < -0.4 is 5.56 Å². The molecule has 0 amide bonds. The number of nitrogens with zero attached hydrogens (tertiary/aromatic N) is 4. The van der Waals surface area contributed by atoms with Gasteiger partial charge in [0.05, 0.1) is 24.1 Å². The Morgan fingerprint density at radius 1 is 1.14 bits per heavy atom. The highest BCUT2D eigenvalue weighted by molar-refractivity contribution is 6.30. The second kappa shape index (κ2) is 6.60. The molecule has 2 aromatic carbocycles. The molecule has 0 radical (unpaired) electrons. The van der Waals surface area contributed by atoms with E-state index in [-0.39, 0.29) is 5.56 Å². The van der Waals surface area contributed by atoms with Crippen LogP contribution in [0.3, 0.4) is 0 Å². The Kier molecular flexibility index (Phi) is 4.05. The molecule has 1 aliphatic carbocycles. The second-order valence-corrected chi connectivity index (χ2v) is 7.78. The maximum Gasteiger partial charge on any atom is 0.293 e. The predicted octanol–water partition coefficient (Wildman–Crippen LogP) is 4.47. The Bertz CT molecular complexity index is 1250. The third-order valence-electron chi connectivity index (χ3n) is 5.31. The lowest BCUT2D eigenvalue weighted by Crippen LogP contribution is -2.26. The van der Waals surface area contributed by atoms with Crippen molar-refractivity contribution in [2.45, 2.75) is 32.2 Å². The standard InChI is InChI=1S/C22H19ClN4O/c1-14-5-2-3-6-16(14)13-26-22(28)21-19(20(25-26)15-9-10-15)12-24-27(21)18-8-4-7-17(23)11-18/h2-8,11-12,15H,9-10,13H2,1H3. The van der Waals surface area contributed by atoms with Gasteiger partial charge in [0.2, 0.25) is 0 Å². The summed E-state index contributed by atoms with van der Waals surface area (Å²) in [6.45, 7) is 2.50. The largest absolute Gasteiger partial charge is 0.293 e. The molecule has 5 rings (SSSR count). The van der Waals surface area contributed by atoms with E-state index in [4.69, 9.17) is 16.7 Å². The zero-order valence-corrected chi connectivity index (χ0v) is 16.2. The number of aryl methyl sites for hydroxylation is 1. The molecule has 2 aromatic heterocycles. The van der Waals surface area contributed by atoms with Crippen LogP contribution >= 0.6 is 11.6 Å². The first-order valence-electron chi connectivity index (χ1n) is 9.41. The summed E-state index contributed by atoms with van der Waals surface area (Å²) < 4.78 is 3.27. The maximum atomic E-state index is 13.4. The van der Waals surface area contributed by atoms with Crippen molar-refractivity contribution in [1.29, 1.82) is 0 Å². The highest BCUT2D eigenvalue weighted by atomic mass is 35.5. The number of hydrogen-bond donors (Lipinski definition) is 0. The van der Waals surface area contributed by atoms with Gasteiger partial charge in [0.15, 0.2) is 0 Å². The van der Waals surface area contributed by atoms with Gasteiger partial charge in [-0.15, -0.1) is 0 Å². The van der Waals surface area contributed by atoms with E-state index in [0.717, 1.165) is 40.7 Å². The summed E-state index contributed by atoms with van der Waals surface area (Å²) in [5.41, 5.74) is 4.40. The number of hydrogen-bond acceptors (Lipinski definition) is 3. The van der Waals surface area contributed by atoms with E-state index in [1.54, 1.807) is 15.6 Å². The third kappa shape index (κ3) is 2.92. The number of aromatic nitrogens is 4. The van der Waals surface area contributed by atoms with Crippen LogP contribution in [-0.4, -0.2) is 19.6 Å². The number of halogens is 1. The summed E-state index contributed by atoms with van der Waals surface area (Å²) in [4.78, 5) is 13.4. The van der Waals surface area contributed by atoms with Gasteiger partial charge >= 0.3 is 0 Å². The van der Waals surface area contributed by atoms with Crippen LogP contribution in [0.25, 0.3) is 16.6 Å². The molecule has 28 heavy (non-hydrogen) atoms. The van der Waals surface area contributed by atoms with Gasteiger partial charge in [-0.2, -0.15) is 10.2 Å². The molecule has 0 saturated heterocycles. The Labute approximate surface area is 167 Å². The van der Waals surface area contributed by atoms with Gasteiger partial charge < -0.3 is 0 Å². The van der Waals surface area contributed by atoms with E-state index in [1.807, 2.05) is 42.5 Å². The van der Waals surface area contributed by atoms with E-state index in [1.165, 1.54) is 0 Å². The van der Waals surface area contributed by atoms with Crippen LogP contribution in [0.1, 0.15) is 35.6 Å². The molecule has 0 atom stereocenters. The topological polar surface area (TPSA) is 52.7 Å². The quantitative estimate of drug-likeness (QED) is 0.516. The normalized spacial score (nSPS) is 13.9. The summed E-state index contributed by atoms with van der Waals surface area (Å²) in [5.74, 6) is 0.406. The van der Waals surface area contributed by atoms with E-state index in [0.29, 0.717) is 23.0 Å². The molecule has 0 N–H and O–H groups in total. The summed E-state index contributed by atoms with van der Waals surface area (Å²) in [7, 11) is 0. The highest BCUT2D eigenvalue weighted by Crippen LogP contribution is 2.41. The molecule has 0 aliphatic heterocycles. The monoisotopic (exact) mass is 390 g/mol. The van der Waals surface area contributed by atoms with Crippen LogP contribution in [0.15, 0.2) is 59.5 Å². The van der Waals surface area contributed by atoms with E-state index >= 15 is 0 Å². The van der Waals surface area contributed by atoms with Crippen molar-refractivity contribution in [3.63, 3.8) is 0 Å². The first kappa shape index (κ1) is 17.2. The van der Waals surface area contributed by atoms with E-state index < -0.39 is 0 Å². The molecule has 140 valence electrons. The van der Waals surface area contributed by atoms with Gasteiger partial charge in [-0.1, -0.05) is 41.9 Å². The lowest BCUT2D eigenvalue weighted by atomic mass is 10.1. The smallest absolute Gasteiger partial charge is 0.265 e. The Morgan fingerprint density at radius 3 is 2.71 bits per heavy atom. The van der Waals surface area contributed by atoms with Crippen molar-refractivity contribution < 1.29 is 0 Å². The minimum Gasteiger partial charge on any atom is -0.265 e. The second-order valence-electron chi connectivity index (χ2n) is 7.35. The molecule has 4 aromatic rings. The summed E-state index contributed by atoms with van der Waals surface area (Å²) in [6.07, 6.45) is 3.97. The minimum absolute atomic E-state index is 0.139. The molecule has 1 saturated carbocycles. The SMILES string of the molecule is Cc1ccccc1Cn1nc(C2CC2)c2cnn(-c3cccc(Cl)c3)c2c1=O. The third-order valence-corrected chi connectivity index (χ3v) is 5.54. The zero-order chi connectivity index (χ0) is 19.3. The average Bonchev–Trinajstić information content (AvgIpc) is 3.43. The van der Waals surface area contributed by atoms with Crippen molar-refractivity contribution in [2.75, 3.05) is 0 Å². The predicted molar refractivity (Wildman–Crippen MR) is 110 cm³/mol. The molecule has 0 unspecified atom stereocenters. The molecule has 6 heteroatoms. The number of rotatable bonds is 4. The minimum atomic E-state index is -0.139. The first-order chi connectivity index (χ1) is 13.6. The molecule has 0 spiro atoms. The molecule has 0 bridgehead atoms. The maximum absolute atomic E-state index is 13.4. The van der Waals surface area contributed by atoms with Crippen LogP contribution in [0.2, 0.25) is 5.02 Å². The Morgan fingerprint density at radius 2 is 1.96 bits per heavy atom. The van der Waals surface area contributed by atoms with E-state index in [2.05, 4.69) is 18.1 Å². The van der Waals surface area contributed by atoms with Gasteiger partial charge in [0.25, 0.3) is 5.56 Å². The zero-order valence-electron chi connectivity index (χ0n) is 15.5. The first-order valence-corrected chi connectivity index (χ1v) is 9.79. The lowest BCUT2D eigenvalue weighted by Gasteiger charge is -2.11. The molecule has 2 heterocycles. The van der Waals surface area contributed by atoms with Gasteiger partial charge in [-0.25, -0.2) is 9.36 Å². The van der Waals surface area contributed by atoms with Crippen LogP contribution in [0, 0.1) is 6.92 Å². The molecular formula is C22H19ClN4O. The van der Waals surface area contributed by atoms with Crippen LogP contribution in [-0.2, 0) is 6.54 Å². The van der Waals surface area contributed by atoms with Crippen molar-refractivity contribution in [2.24, 2.45) is 0 Å². The van der Waals surface area contributed by atoms with Crippen LogP contribution in [0.5, 0.6) is 0 Å². The molecule has 5 nitrogen and oxygen atoms in total. The van der Waals surface area contributed by atoms with Crippen molar-refractivity contribution >= 4 is 22.5 Å². The van der Waals surface area contributed by atoms with Crippen molar-refractivity contribution in [3.05, 3.63) is 86.9 Å². The molecule has 1 fully saturated rings. The number of benzene rings is 2. The summed E-state index contributed by atoms with van der Waals surface area (Å²) in [5, 5.41) is 10.7. The van der Waals surface area contributed by atoms with Crippen molar-refractivity contribution in [1.82, 2.24) is 19.6 Å². The van der Waals surface area contributed by atoms with Gasteiger partial charge in [0, 0.05) is 16.3 Å². The van der Waals surface area contributed by atoms with Crippen LogP contribution in [0.4, 0.5) is 0 Å². The number of fused-ring (bicyclic) bond motifs is 1. The lowest BCUT2D eigenvalue weighted by molar-refractivity contribution is 0.624. The highest BCUT2D eigenvalue weighted by Gasteiger charge is 2.30. The van der Waals surface area contributed by atoms with Gasteiger partial charge in [-0.05, 0) is 49.1 Å². The Balaban J connectivity index is 1.73. The fourth-order valence-electron chi connectivity index (χ4n) is 3.61.